The van der Waals surface area contributed by atoms with Gasteiger partial charge in [-0.1, -0.05) is 50.7 Å². The van der Waals surface area contributed by atoms with Crippen molar-refractivity contribution in [1.82, 2.24) is 39.4 Å². The number of amides is 5. The van der Waals surface area contributed by atoms with Crippen LogP contribution >= 0.6 is 0 Å². The number of methoxy groups -OCH3 is 2. The van der Waals surface area contributed by atoms with Gasteiger partial charge in [-0.05, 0) is 133 Å². The summed E-state index contributed by atoms with van der Waals surface area (Å²) >= 11 is 0. The van der Waals surface area contributed by atoms with Gasteiger partial charge >= 0.3 is 16.2 Å². The topological polar surface area (TPSA) is 248 Å². The molecule has 2 aromatic heterocycles. The molecule has 5 amide bonds. The van der Waals surface area contributed by atoms with Crippen LogP contribution in [0, 0.1) is 0 Å². The first-order valence-electron chi connectivity index (χ1n) is 28.0. The van der Waals surface area contributed by atoms with Crippen molar-refractivity contribution in [2.24, 2.45) is 0 Å². The highest BCUT2D eigenvalue weighted by atomic mass is 32.2. The van der Waals surface area contributed by atoms with Gasteiger partial charge < -0.3 is 45.0 Å². The fourth-order valence-electron chi connectivity index (χ4n) is 12.0. The van der Waals surface area contributed by atoms with Crippen molar-refractivity contribution < 1.29 is 51.8 Å². The maximum Gasteiger partial charge on any atom is 0.335 e. The van der Waals surface area contributed by atoms with E-state index < -0.39 is 22.1 Å². The molecule has 0 bridgehead atoms. The minimum Gasteiger partial charge on any atom is -0.497 e. The van der Waals surface area contributed by atoms with Crippen LogP contribution in [0.1, 0.15) is 133 Å². The van der Waals surface area contributed by atoms with E-state index in [1.165, 1.54) is 64.8 Å². The van der Waals surface area contributed by atoms with Gasteiger partial charge in [-0.3, -0.25) is 24.0 Å². The summed E-state index contributed by atoms with van der Waals surface area (Å²) < 4.78 is 43.2. The molecule has 4 heterocycles. The zero-order chi connectivity index (χ0) is 58.4. The lowest BCUT2D eigenvalue weighted by Crippen LogP contribution is -2.39. The average Bonchev–Trinajstić information content (AvgIpc) is 3.33. The number of hydrogen-bond acceptors (Lipinski definition) is 10. The smallest absolute Gasteiger partial charge is 0.335 e. The van der Waals surface area contributed by atoms with Gasteiger partial charge in [0.1, 0.15) is 11.5 Å². The number of carbonyl (C=O) groups excluding carboxylic acids is 5. The maximum atomic E-state index is 13.5. The van der Waals surface area contributed by atoms with E-state index in [1.807, 2.05) is 60.7 Å². The van der Waals surface area contributed by atoms with E-state index in [1.54, 1.807) is 38.5 Å². The van der Waals surface area contributed by atoms with Gasteiger partial charge in [-0.25, -0.2) is 9.52 Å². The number of benzene rings is 4. The molecule has 0 saturated heterocycles. The molecule has 2 fully saturated rings. The monoisotopic (exact) mass is 1140 g/mol. The maximum absolute atomic E-state index is 13.5. The molecular weight excluding hydrogens is 1060 g/mol. The van der Waals surface area contributed by atoms with Gasteiger partial charge in [-0.15, -0.1) is 0 Å². The number of nitrogens with one attached hydrogen (secondary N) is 5. The minimum absolute atomic E-state index is 0.151. The Bertz CT molecular complexity index is 3670. The van der Waals surface area contributed by atoms with Gasteiger partial charge in [0.25, 0.3) is 5.91 Å². The predicted octanol–water partition coefficient (Wildman–Crippen LogP) is 8.26. The van der Waals surface area contributed by atoms with E-state index in [4.69, 9.17) is 9.47 Å². The molecule has 2 saturated carbocycles. The van der Waals surface area contributed by atoms with Crippen molar-refractivity contribution in [3.05, 3.63) is 117 Å². The summed E-state index contributed by atoms with van der Waals surface area (Å²) in [4.78, 5) is 74.4. The van der Waals surface area contributed by atoms with Gasteiger partial charge in [0, 0.05) is 104 Å². The molecule has 4 aliphatic rings. The molecule has 0 unspecified atom stereocenters. The normalized spacial score (nSPS) is 15.2. The number of rotatable bonds is 16. The summed E-state index contributed by atoms with van der Waals surface area (Å²) in [7, 11) is 1.93. The lowest BCUT2D eigenvalue weighted by atomic mass is 9.81. The Balaban J connectivity index is 0.000000200. The molecule has 2 aliphatic carbocycles. The molecule has 20 heteroatoms. The Kier molecular flexibility index (Phi) is 18.0. The van der Waals surface area contributed by atoms with E-state index in [9.17, 15) is 42.3 Å². The van der Waals surface area contributed by atoms with Crippen LogP contribution in [0.2, 0.25) is 0 Å². The zero-order valence-corrected chi connectivity index (χ0v) is 48.1. The second-order valence-electron chi connectivity index (χ2n) is 21.6. The molecule has 2 aliphatic heterocycles. The highest BCUT2D eigenvalue weighted by Crippen LogP contribution is 2.49. The highest BCUT2D eigenvalue weighted by molar-refractivity contribution is 7.87. The minimum atomic E-state index is -3.99. The van der Waals surface area contributed by atoms with E-state index >= 15 is 0 Å². The van der Waals surface area contributed by atoms with Gasteiger partial charge in [-0.2, -0.15) is 12.7 Å². The molecule has 6 N–H and O–H groups in total. The van der Waals surface area contributed by atoms with Crippen LogP contribution < -0.4 is 35.5 Å². The van der Waals surface area contributed by atoms with E-state index in [2.05, 4.69) is 35.1 Å². The first-order chi connectivity index (χ1) is 39.4. The summed E-state index contributed by atoms with van der Waals surface area (Å²) in [6, 6.07) is 22.4. The van der Waals surface area contributed by atoms with Crippen molar-refractivity contribution in [2.45, 2.75) is 103 Å². The first-order valence-corrected chi connectivity index (χ1v) is 29.4. The van der Waals surface area contributed by atoms with E-state index in [0.29, 0.717) is 60.7 Å². The molecule has 10 rings (SSSR count). The second kappa shape index (κ2) is 25.3. The van der Waals surface area contributed by atoms with E-state index in [0.717, 1.165) is 98.3 Å². The van der Waals surface area contributed by atoms with Crippen LogP contribution in [0.5, 0.6) is 11.5 Å². The molecule has 0 spiro atoms. The molecule has 4 aromatic carbocycles. The van der Waals surface area contributed by atoms with Crippen molar-refractivity contribution >= 4 is 79.7 Å². The van der Waals surface area contributed by atoms with Crippen molar-refractivity contribution in [1.29, 1.82) is 0 Å². The Morgan fingerprint density at radius 3 is 1.38 bits per heavy atom. The lowest BCUT2D eigenvalue weighted by molar-refractivity contribution is -0.120. The van der Waals surface area contributed by atoms with Crippen molar-refractivity contribution in [3.63, 3.8) is 0 Å². The number of aromatic nitrogens is 2. The number of ether oxygens (including phenoxy) is 2. The van der Waals surface area contributed by atoms with Crippen molar-refractivity contribution in [2.75, 3.05) is 54.5 Å². The Morgan fingerprint density at radius 2 is 0.976 bits per heavy atom. The van der Waals surface area contributed by atoms with Gasteiger partial charge in [0.05, 0.1) is 44.3 Å². The number of fused-ring (bicyclic) bond motifs is 10. The average molecular weight is 1140 g/mol. The SMILES string of the molecule is COc1ccc2c(c1)C=C(C(=O)NCCNC(C)=O)Cn1c-2c(C2CCCCC2)c2ccc(C(=O)NS(=O)(=O)N(C)C)cc21.COc1ccc2c(c1)C=C(C(=O)NCCNC(C)=O)Cn1c-2c(C2CCCCC2)c2ccc(C(=O)O)cc21. The van der Waals surface area contributed by atoms with Crippen LogP contribution in [0.4, 0.5) is 0 Å². The summed E-state index contributed by atoms with van der Waals surface area (Å²) in [5.74, 6) is -0.533. The fourth-order valence-corrected chi connectivity index (χ4v) is 12.5. The first kappa shape index (κ1) is 58.4. The fraction of sp³-hybridized carbons (Fsp3) is 0.387. The van der Waals surface area contributed by atoms with Crippen LogP contribution in [-0.4, -0.2) is 117 Å². The third-order valence-corrected chi connectivity index (χ3v) is 17.3. The Morgan fingerprint density at radius 1 is 0.561 bits per heavy atom. The van der Waals surface area contributed by atoms with Crippen LogP contribution in [-0.2, 0) is 42.5 Å². The summed E-state index contributed by atoms with van der Waals surface area (Å²) in [5.41, 5.74) is 11.2. The molecule has 0 atom stereocenters. The second-order valence-corrected chi connectivity index (χ2v) is 23.5. The summed E-state index contributed by atoms with van der Waals surface area (Å²) in [6.07, 6.45) is 15.0. The largest absolute Gasteiger partial charge is 0.497 e. The summed E-state index contributed by atoms with van der Waals surface area (Å²) in [5, 5.41) is 23.0. The molecule has 0 radical (unpaired) electrons. The third kappa shape index (κ3) is 12.6. The number of aromatic carboxylic acids is 1. The van der Waals surface area contributed by atoms with Gasteiger partial charge in [0.2, 0.25) is 23.6 Å². The summed E-state index contributed by atoms with van der Waals surface area (Å²) in [6.45, 7) is 4.59. The number of nitrogens with zero attached hydrogens (tertiary/aromatic N) is 3. The number of carboxylic acids is 1. The Labute approximate surface area is 477 Å². The van der Waals surface area contributed by atoms with Gasteiger partial charge in [0.15, 0.2) is 0 Å². The van der Waals surface area contributed by atoms with Crippen LogP contribution in [0.3, 0.4) is 0 Å². The quantitative estimate of drug-likeness (QED) is 0.0504. The van der Waals surface area contributed by atoms with E-state index in [-0.39, 0.29) is 47.8 Å². The zero-order valence-electron chi connectivity index (χ0n) is 47.3. The lowest BCUT2D eigenvalue weighted by Gasteiger charge is -2.24. The Hall–Kier alpha value is -8.23. The van der Waals surface area contributed by atoms with Crippen LogP contribution in [0.15, 0.2) is 83.9 Å². The number of carbonyl (C=O) groups is 6. The predicted molar refractivity (Wildman–Crippen MR) is 316 cm³/mol. The molecule has 82 heavy (non-hydrogen) atoms. The third-order valence-electron chi connectivity index (χ3n) is 15.9. The standard InChI is InChI=1S/C32H39N5O6S.C30H33N3O5/c1-20(38)33-14-15-34-31(39)24-16-23-17-25(43-4)11-13-26(23)30-29(21-8-6-5-7-9-21)27-12-10-22(18-28(27)37(30)19-24)32(40)35-44(41,42)36(2)3;1-18(34)31-12-13-32-29(35)22-14-21-15-23(38-2)9-11-24(21)28-27(19-6-4-3-5-7-19)25-10-8-20(30(36)37)16-26(25)33(28)17-22/h10-13,16-18,21H,5-9,14-15,19H2,1-4H3,(H,33,38)(H,34,39)(H,35,40);8-11,14-16,19H,3-7,12-13,17H2,1-2H3,(H,31,34)(H,32,35)(H,36,37). The van der Waals surface area contributed by atoms with Crippen LogP contribution in [0.25, 0.3) is 56.5 Å². The molecule has 6 aromatic rings. The molecule has 19 nitrogen and oxygen atoms in total. The number of carboxylic acid groups (broad SMARTS) is 1. The molecular formula is C62H72N8O11S. The highest BCUT2D eigenvalue weighted by Gasteiger charge is 2.33. The molecule has 432 valence electrons. The van der Waals surface area contributed by atoms with Crippen molar-refractivity contribution in [3.8, 4) is 34.0 Å². The number of hydrogen-bond donors (Lipinski definition) is 6.